The molecule has 24 nitrogen and oxygen atoms in total. The lowest BCUT2D eigenvalue weighted by atomic mass is 9.42. The average molecular weight is 1090 g/mol. The molecule has 5 saturated heterocycles. The van der Waals surface area contributed by atoms with Gasteiger partial charge in [-0.25, -0.2) is 0 Å². The van der Waals surface area contributed by atoms with Crippen molar-refractivity contribution >= 4 is 11.6 Å². The van der Waals surface area contributed by atoms with Crippen molar-refractivity contribution in [2.45, 2.75) is 240 Å². The summed E-state index contributed by atoms with van der Waals surface area (Å²) in [6, 6.07) is 0. The van der Waals surface area contributed by atoms with Crippen LogP contribution in [0.3, 0.4) is 0 Å². The van der Waals surface area contributed by atoms with Crippen molar-refractivity contribution in [2.75, 3.05) is 26.4 Å². The quantitative estimate of drug-likeness (QED) is 0.0804. The lowest BCUT2D eigenvalue weighted by Crippen LogP contribution is -2.66. The first kappa shape index (κ1) is 58.8. The second-order valence-electron chi connectivity index (χ2n) is 24.1. The molecular weight excluding hydrogens is 1010 g/mol. The molecule has 9 aliphatic rings. The molecule has 5 heterocycles. The lowest BCUT2D eigenvalue weighted by molar-refractivity contribution is -0.390. The first-order valence-corrected chi connectivity index (χ1v) is 27.1. The van der Waals surface area contributed by atoms with E-state index < -0.39 is 182 Å². The summed E-state index contributed by atoms with van der Waals surface area (Å²) in [7, 11) is 0. The van der Waals surface area contributed by atoms with Crippen molar-refractivity contribution in [3.8, 4) is 0 Å². The Balaban J connectivity index is 0.906. The third-order valence-corrected chi connectivity index (χ3v) is 20.3. The summed E-state index contributed by atoms with van der Waals surface area (Å²) in [5.74, 6) is -0.860. The van der Waals surface area contributed by atoms with E-state index in [0.29, 0.717) is 44.9 Å². The van der Waals surface area contributed by atoms with E-state index >= 15 is 0 Å². The number of hydrogen-bond donors (Lipinski definition) is 13. The lowest BCUT2D eigenvalue weighted by Gasteiger charge is -2.63. The van der Waals surface area contributed by atoms with Gasteiger partial charge in [0.2, 0.25) is 0 Å². The first-order chi connectivity index (χ1) is 35.7. The molecule has 29 atom stereocenters. The van der Waals surface area contributed by atoms with Crippen LogP contribution in [-0.4, -0.2) is 245 Å². The minimum Gasteiger partial charge on any atom is -0.396 e. The van der Waals surface area contributed by atoms with E-state index in [9.17, 15) is 76.0 Å². The molecule has 0 amide bonds. The van der Waals surface area contributed by atoms with Gasteiger partial charge in [-0.3, -0.25) is 9.59 Å². The minimum absolute atomic E-state index is 0.0595. The van der Waals surface area contributed by atoms with Crippen LogP contribution in [0.1, 0.15) is 99.8 Å². The van der Waals surface area contributed by atoms with E-state index in [4.69, 9.17) is 42.6 Å². The number of Topliss-reactive ketones (excluding diaryl/α,β-unsaturated/α-hetero) is 2. The standard InChI is InChI=1S/C52H82O24/c1-8-24(55)26-15-20(2)52(76-26)43(67)42(66)51(7)23-9-10-29-48(4,22(23)11-14-50(51,52)6)13-12-30(49(29,5)19-54)73-45-39(65)36(62)34(60)28(72-45)18-69-46-40(32(58)25(56)17-68-46)75-47-41(37(63)33(59)27(16-53)71-47)74-44-38(64)35(61)31(57)21(3)70-44/h20-21,25-41,43-47,53-54,56-65,67H,8-19H2,1-7H3/t20-,21+,25+,26+,27-,28-,29-,30+,31+,32+,33-,34-,35-,36+,37+,38-,39-,40-,41-,43+,44+,45+,46+,47+,48-,49-,50+,51-,52-/m1/s1. The minimum atomic E-state index is -1.93. The highest BCUT2D eigenvalue weighted by molar-refractivity contribution is 5.98. The number of allylic oxidation sites excluding steroid dienone is 2. The van der Waals surface area contributed by atoms with Gasteiger partial charge in [0.1, 0.15) is 103 Å². The second-order valence-corrected chi connectivity index (χ2v) is 24.1. The normalized spacial score (nSPS) is 54.6. The highest BCUT2D eigenvalue weighted by Gasteiger charge is 2.79. The topological polar surface area (TPSA) is 380 Å². The average Bonchev–Trinajstić information content (AvgIpc) is 3.86. The van der Waals surface area contributed by atoms with Crippen LogP contribution in [0.5, 0.6) is 0 Å². The Kier molecular flexibility index (Phi) is 16.7. The Hall–Kier alpha value is -1.80. The fraction of sp³-hybridized carbons (Fsp3) is 0.923. The van der Waals surface area contributed by atoms with E-state index in [1.54, 1.807) is 6.92 Å². The molecule has 4 aliphatic carbocycles. The maximum absolute atomic E-state index is 14.7. The summed E-state index contributed by atoms with van der Waals surface area (Å²) in [6.07, 6.45) is -31.3. The van der Waals surface area contributed by atoms with E-state index in [2.05, 4.69) is 6.92 Å². The number of fused-ring (bicyclic) bond motifs is 5. The summed E-state index contributed by atoms with van der Waals surface area (Å²) in [4.78, 5) is 27.7. The molecule has 434 valence electrons. The SMILES string of the molecule is CCC(=O)[C@@H]1C[C@@H](C)[C@@]2(O1)[C@@H](O)C(=O)[C@@]1(C)C3=C(CC[C@@]12C)[C@@]1(C)CC[C@H](O[C@@H]2O[C@H](CO[C@@H]4OC[C@H](O)[C@H](O)[C@H]4O[C@@H]4O[C@H](CO)[C@@H](O)[C@H](O)[C@H]4O[C@@H]4O[C@@H](C)[C@H](O)[C@@H](O)[C@H]4O)[C@@H](O)[C@H](O)[C@H]2O)[C@](C)(CO)[C@@H]1CC3. The van der Waals surface area contributed by atoms with Crippen molar-refractivity contribution in [3.05, 3.63) is 11.1 Å². The smallest absolute Gasteiger partial charge is 0.187 e. The Bertz CT molecular complexity index is 2150. The van der Waals surface area contributed by atoms with Gasteiger partial charge < -0.3 is 109 Å². The van der Waals surface area contributed by atoms with E-state index in [0.717, 1.165) is 11.1 Å². The summed E-state index contributed by atoms with van der Waals surface area (Å²) in [5, 5.41) is 143. The third-order valence-electron chi connectivity index (χ3n) is 20.3. The molecule has 9 rings (SSSR count). The molecule has 1 spiro atoms. The number of ketones is 2. The molecule has 0 aromatic rings. The van der Waals surface area contributed by atoms with Crippen LogP contribution in [0, 0.1) is 33.5 Å². The van der Waals surface area contributed by atoms with E-state index in [1.165, 1.54) is 6.92 Å². The Morgan fingerprint density at radius 2 is 1.29 bits per heavy atom. The number of ether oxygens (including phenoxy) is 9. The Labute approximate surface area is 440 Å². The molecule has 0 radical (unpaired) electrons. The van der Waals surface area contributed by atoms with Crippen molar-refractivity contribution < 1.29 is 119 Å². The van der Waals surface area contributed by atoms with Crippen molar-refractivity contribution in [1.29, 1.82) is 0 Å². The molecule has 5 aliphatic heterocycles. The molecule has 13 N–H and O–H groups in total. The first-order valence-electron chi connectivity index (χ1n) is 27.1. The largest absolute Gasteiger partial charge is 0.396 e. The van der Waals surface area contributed by atoms with Crippen LogP contribution in [0.25, 0.3) is 0 Å². The molecule has 0 aromatic heterocycles. The fourth-order valence-electron chi connectivity index (χ4n) is 15.5. The maximum Gasteiger partial charge on any atom is 0.187 e. The monoisotopic (exact) mass is 1090 g/mol. The Morgan fingerprint density at radius 1 is 0.671 bits per heavy atom. The van der Waals surface area contributed by atoms with Crippen LogP contribution in [0.15, 0.2) is 11.1 Å². The van der Waals surface area contributed by atoms with Gasteiger partial charge >= 0.3 is 0 Å². The molecule has 0 bridgehead atoms. The zero-order valence-electron chi connectivity index (χ0n) is 44.1. The molecular formula is C52H82O24. The number of aliphatic hydroxyl groups is 13. The van der Waals surface area contributed by atoms with Crippen LogP contribution in [-0.2, 0) is 52.2 Å². The number of hydrogen-bond acceptors (Lipinski definition) is 24. The van der Waals surface area contributed by atoms with E-state index in [-0.39, 0.29) is 36.4 Å². The Morgan fingerprint density at radius 3 is 1.95 bits per heavy atom. The van der Waals surface area contributed by atoms with Crippen LogP contribution in [0.2, 0.25) is 0 Å². The highest BCUT2D eigenvalue weighted by atomic mass is 16.8. The summed E-state index contributed by atoms with van der Waals surface area (Å²) in [6.45, 7) is 10.8. The summed E-state index contributed by atoms with van der Waals surface area (Å²) >= 11 is 0. The summed E-state index contributed by atoms with van der Waals surface area (Å²) < 4.78 is 54.2. The van der Waals surface area contributed by atoms with Crippen molar-refractivity contribution in [2.24, 2.45) is 33.5 Å². The van der Waals surface area contributed by atoms with Crippen molar-refractivity contribution in [1.82, 2.24) is 0 Å². The van der Waals surface area contributed by atoms with Crippen molar-refractivity contribution in [3.63, 3.8) is 0 Å². The third kappa shape index (κ3) is 8.86. The second kappa shape index (κ2) is 21.5. The van der Waals surface area contributed by atoms with Gasteiger partial charge in [0.15, 0.2) is 36.7 Å². The zero-order chi connectivity index (χ0) is 55.5. The predicted octanol–water partition coefficient (Wildman–Crippen LogP) is -3.29. The van der Waals surface area contributed by atoms with Crippen LogP contribution >= 0.6 is 0 Å². The maximum atomic E-state index is 14.7. The molecule has 0 unspecified atom stereocenters. The summed E-state index contributed by atoms with van der Waals surface area (Å²) in [5.41, 5.74) is -2.63. The highest BCUT2D eigenvalue weighted by Crippen LogP contribution is 2.74. The molecule has 2 saturated carbocycles. The van der Waals surface area contributed by atoms with Gasteiger partial charge in [-0.15, -0.1) is 0 Å². The number of aliphatic hydroxyl groups excluding tert-OH is 13. The van der Waals surface area contributed by atoms with Gasteiger partial charge in [0.05, 0.1) is 44.1 Å². The van der Waals surface area contributed by atoms with Gasteiger partial charge in [-0.1, -0.05) is 45.8 Å². The molecule has 0 aromatic carbocycles. The fourth-order valence-corrected chi connectivity index (χ4v) is 15.5. The molecule has 24 heteroatoms. The van der Waals surface area contributed by atoms with Gasteiger partial charge in [0, 0.05) is 17.3 Å². The van der Waals surface area contributed by atoms with Crippen LogP contribution in [0.4, 0.5) is 0 Å². The van der Waals surface area contributed by atoms with Gasteiger partial charge in [0.25, 0.3) is 0 Å². The number of rotatable bonds is 13. The predicted molar refractivity (Wildman–Crippen MR) is 255 cm³/mol. The van der Waals surface area contributed by atoms with Gasteiger partial charge in [-0.2, -0.15) is 0 Å². The zero-order valence-corrected chi connectivity index (χ0v) is 44.1. The number of carbonyl (C=O) groups is 2. The van der Waals surface area contributed by atoms with E-state index in [1.807, 2.05) is 27.7 Å². The number of carbonyl (C=O) groups excluding carboxylic acids is 2. The molecule has 7 fully saturated rings. The molecule has 76 heavy (non-hydrogen) atoms. The van der Waals surface area contributed by atoms with Gasteiger partial charge in [-0.05, 0) is 76.0 Å². The van der Waals surface area contributed by atoms with Crippen LogP contribution < -0.4 is 0 Å².